The van der Waals surface area contributed by atoms with Crippen LogP contribution in [-0.2, 0) is 11.3 Å². The number of rotatable bonds is 7. The van der Waals surface area contributed by atoms with E-state index in [1.807, 2.05) is 65.6 Å². The third-order valence-electron chi connectivity index (χ3n) is 6.13. The van der Waals surface area contributed by atoms with Crippen molar-refractivity contribution in [3.63, 3.8) is 0 Å². The molecule has 35 heavy (non-hydrogen) atoms. The van der Waals surface area contributed by atoms with Crippen molar-refractivity contribution in [2.45, 2.75) is 6.54 Å². The van der Waals surface area contributed by atoms with Crippen molar-refractivity contribution in [3.05, 3.63) is 84.6 Å². The molecule has 1 aromatic heterocycles. The van der Waals surface area contributed by atoms with Crippen molar-refractivity contribution < 1.29 is 19.0 Å². The van der Waals surface area contributed by atoms with E-state index in [9.17, 15) is 4.79 Å². The summed E-state index contributed by atoms with van der Waals surface area (Å²) in [6, 6.07) is 23.4. The molecule has 7 nitrogen and oxygen atoms in total. The van der Waals surface area contributed by atoms with E-state index in [-0.39, 0.29) is 5.91 Å². The highest BCUT2D eigenvalue weighted by Gasteiger charge is 2.25. The van der Waals surface area contributed by atoms with Crippen LogP contribution in [0.25, 0.3) is 10.9 Å². The highest BCUT2D eigenvalue weighted by Crippen LogP contribution is 2.37. The third kappa shape index (κ3) is 4.90. The van der Waals surface area contributed by atoms with E-state index in [0.717, 1.165) is 29.7 Å². The van der Waals surface area contributed by atoms with E-state index in [1.54, 1.807) is 20.4 Å². The van der Waals surface area contributed by atoms with Crippen LogP contribution in [0.4, 0.5) is 5.69 Å². The molecule has 4 aromatic rings. The predicted octanol–water partition coefficient (Wildman–Crippen LogP) is 4.89. The van der Waals surface area contributed by atoms with Crippen LogP contribution in [0.2, 0.25) is 0 Å². The molecular weight excluding hydrogens is 442 g/mol. The number of pyridine rings is 1. The van der Waals surface area contributed by atoms with Gasteiger partial charge in [0.15, 0.2) is 11.5 Å². The molecule has 3 aromatic carbocycles. The normalized spacial score (nSPS) is 14.2. The smallest absolute Gasteiger partial charge is 0.241 e. The van der Waals surface area contributed by atoms with Crippen molar-refractivity contribution in [2.24, 2.45) is 0 Å². The number of carbonyl (C=O) groups excluding carboxylic acids is 1. The highest BCUT2D eigenvalue weighted by molar-refractivity contribution is 5.95. The van der Waals surface area contributed by atoms with Gasteiger partial charge in [0.1, 0.15) is 11.5 Å². The highest BCUT2D eigenvalue weighted by atomic mass is 16.5. The lowest BCUT2D eigenvalue weighted by atomic mass is 10.1. The van der Waals surface area contributed by atoms with Crippen LogP contribution >= 0.6 is 0 Å². The number of fused-ring (bicyclic) bond motifs is 1. The topological polar surface area (TPSA) is 64.1 Å². The number of ether oxygens (including phenoxy) is 3. The maximum atomic E-state index is 12.9. The molecule has 0 unspecified atom stereocenters. The fraction of sp³-hybridized carbons (Fsp3) is 0.214. The number of piperazine rings is 1. The van der Waals surface area contributed by atoms with Gasteiger partial charge in [0.2, 0.25) is 5.91 Å². The van der Waals surface area contributed by atoms with Crippen LogP contribution in [0.5, 0.6) is 23.0 Å². The molecule has 0 aliphatic carbocycles. The number of methoxy groups -OCH3 is 2. The Bertz CT molecular complexity index is 1330. The number of anilines is 1. The van der Waals surface area contributed by atoms with Gasteiger partial charge in [-0.15, -0.1) is 0 Å². The molecule has 0 saturated carbocycles. The maximum Gasteiger partial charge on any atom is 0.241 e. The minimum Gasteiger partial charge on any atom is -0.493 e. The van der Waals surface area contributed by atoms with Gasteiger partial charge in [-0.2, -0.15) is 0 Å². The van der Waals surface area contributed by atoms with Crippen LogP contribution in [0, 0.1) is 0 Å². The standard InChI is InChI=1S/C28H27N3O4/c1-33-26-16-23-24(17-27(26)34-2)29-13-12-25(23)35-22-10-8-21(9-11-22)31-15-14-30(19-28(31)32)18-20-6-4-3-5-7-20/h3-13,16-17H,14-15,18-19H2,1-2H3. The van der Waals surface area contributed by atoms with Gasteiger partial charge >= 0.3 is 0 Å². The molecule has 1 saturated heterocycles. The fourth-order valence-corrected chi connectivity index (χ4v) is 4.33. The zero-order valence-corrected chi connectivity index (χ0v) is 19.8. The first-order valence-corrected chi connectivity index (χ1v) is 11.5. The molecule has 0 spiro atoms. The molecule has 7 heteroatoms. The fourth-order valence-electron chi connectivity index (χ4n) is 4.33. The van der Waals surface area contributed by atoms with Gasteiger partial charge in [-0.25, -0.2) is 0 Å². The summed E-state index contributed by atoms with van der Waals surface area (Å²) >= 11 is 0. The zero-order chi connectivity index (χ0) is 24.2. The van der Waals surface area contributed by atoms with Crippen molar-refractivity contribution >= 4 is 22.5 Å². The summed E-state index contributed by atoms with van der Waals surface area (Å²) in [7, 11) is 3.20. The molecular formula is C28H27N3O4. The maximum absolute atomic E-state index is 12.9. The van der Waals surface area contributed by atoms with Gasteiger partial charge in [-0.3, -0.25) is 14.7 Å². The molecule has 5 rings (SSSR count). The van der Waals surface area contributed by atoms with Crippen molar-refractivity contribution in [1.29, 1.82) is 0 Å². The number of hydrogen-bond donors (Lipinski definition) is 0. The summed E-state index contributed by atoms with van der Waals surface area (Å²) in [5.41, 5.74) is 2.83. The first kappa shape index (κ1) is 22.7. The number of amides is 1. The van der Waals surface area contributed by atoms with E-state index in [4.69, 9.17) is 14.2 Å². The summed E-state index contributed by atoms with van der Waals surface area (Å²) in [6.07, 6.45) is 1.70. The van der Waals surface area contributed by atoms with Crippen LogP contribution in [-0.4, -0.2) is 49.6 Å². The monoisotopic (exact) mass is 469 g/mol. The lowest BCUT2D eigenvalue weighted by molar-refractivity contribution is -0.121. The molecule has 1 aliphatic heterocycles. The molecule has 178 valence electrons. The second-order valence-electron chi connectivity index (χ2n) is 8.37. The number of aromatic nitrogens is 1. The number of nitrogens with zero attached hydrogens (tertiary/aromatic N) is 3. The first-order valence-electron chi connectivity index (χ1n) is 11.5. The Hall–Kier alpha value is -4.10. The van der Waals surface area contributed by atoms with Gasteiger partial charge in [0.25, 0.3) is 0 Å². The van der Waals surface area contributed by atoms with Gasteiger partial charge in [0, 0.05) is 43.0 Å². The average molecular weight is 470 g/mol. The average Bonchev–Trinajstić information content (AvgIpc) is 2.89. The Morgan fingerprint density at radius 1 is 0.857 bits per heavy atom. The van der Waals surface area contributed by atoms with Gasteiger partial charge in [-0.1, -0.05) is 30.3 Å². The third-order valence-corrected chi connectivity index (χ3v) is 6.13. The van der Waals surface area contributed by atoms with Crippen LogP contribution in [0.3, 0.4) is 0 Å². The zero-order valence-electron chi connectivity index (χ0n) is 19.8. The van der Waals surface area contributed by atoms with Crippen molar-refractivity contribution in [2.75, 3.05) is 38.8 Å². The Kier molecular flexibility index (Phi) is 6.50. The SMILES string of the molecule is COc1cc2nccc(Oc3ccc(N4CCN(Cc5ccccc5)CC4=O)cc3)c2cc1OC. The lowest BCUT2D eigenvalue weighted by Crippen LogP contribution is -2.50. The van der Waals surface area contributed by atoms with Crippen LogP contribution < -0.4 is 19.1 Å². The molecule has 0 atom stereocenters. The second-order valence-corrected chi connectivity index (χ2v) is 8.37. The molecule has 1 amide bonds. The Labute approximate surface area is 204 Å². The molecule has 0 bridgehead atoms. The van der Waals surface area contributed by atoms with Crippen LogP contribution in [0.15, 0.2) is 79.0 Å². The van der Waals surface area contributed by atoms with E-state index in [0.29, 0.717) is 36.1 Å². The minimum absolute atomic E-state index is 0.0991. The Morgan fingerprint density at radius 2 is 1.60 bits per heavy atom. The predicted molar refractivity (Wildman–Crippen MR) is 135 cm³/mol. The van der Waals surface area contributed by atoms with E-state index >= 15 is 0 Å². The Balaban J connectivity index is 1.28. The lowest BCUT2D eigenvalue weighted by Gasteiger charge is -2.34. The van der Waals surface area contributed by atoms with Crippen molar-refractivity contribution in [1.82, 2.24) is 9.88 Å². The Morgan fingerprint density at radius 3 is 2.31 bits per heavy atom. The number of hydrogen-bond acceptors (Lipinski definition) is 6. The number of benzene rings is 3. The van der Waals surface area contributed by atoms with Gasteiger partial charge < -0.3 is 19.1 Å². The van der Waals surface area contributed by atoms with Crippen molar-refractivity contribution in [3.8, 4) is 23.0 Å². The summed E-state index contributed by atoms with van der Waals surface area (Å²) in [6.45, 7) is 2.67. The molecule has 0 N–H and O–H groups in total. The summed E-state index contributed by atoms with van der Waals surface area (Å²) < 4.78 is 17.0. The van der Waals surface area contributed by atoms with E-state index < -0.39 is 0 Å². The largest absolute Gasteiger partial charge is 0.493 e. The quantitative estimate of drug-likeness (QED) is 0.384. The summed E-state index contributed by atoms with van der Waals surface area (Å²) in [5.74, 6) is 2.66. The molecule has 1 fully saturated rings. The van der Waals surface area contributed by atoms with E-state index in [1.165, 1.54) is 5.56 Å². The summed E-state index contributed by atoms with van der Waals surface area (Å²) in [5, 5.41) is 0.818. The van der Waals surface area contributed by atoms with Gasteiger partial charge in [-0.05, 0) is 42.0 Å². The molecule has 1 aliphatic rings. The van der Waals surface area contributed by atoms with E-state index in [2.05, 4.69) is 22.0 Å². The van der Waals surface area contributed by atoms with Gasteiger partial charge in [0.05, 0.1) is 26.3 Å². The van der Waals surface area contributed by atoms with Crippen LogP contribution in [0.1, 0.15) is 5.56 Å². The second kappa shape index (κ2) is 10.0. The minimum atomic E-state index is 0.0991. The first-order chi connectivity index (χ1) is 17.1. The number of carbonyl (C=O) groups is 1. The molecule has 0 radical (unpaired) electrons. The summed E-state index contributed by atoms with van der Waals surface area (Å²) in [4.78, 5) is 21.3. The molecule has 2 heterocycles.